The van der Waals surface area contributed by atoms with Gasteiger partial charge in [0.25, 0.3) is 0 Å². The van der Waals surface area contributed by atoms with E-state index in [1.54, 1.807) is 18.6 Å². The molecule has 0 bridgehead atoms. The van der Waals surface area contributed by atoms with Crippen LogP contribution in [0, 0.1) is 24.3 Å². The van der Waals surface area contributed by atoms with E-state index in [0.29, 0.717) is 17.7 Å². The van der Waals surface area contributed by atoms with Crippen molar-refractivity contribution in [1.29, 1.82) is 0 Å². The van der Waals surface area contributed by atoms with Crippen molar-refractivity contribution in [3.63, 3.8) is 0 Å². The highest BCUT2D eigenvalue weighted by Crippen LogP contribution is 2.44. The molecule has 0 saturated carbocycles. The van der Waals surface area contributed by atoms with Crippen molar-refractivity contribution < 1.29 is 28.1 Å². The Morgan fingerprint density at radius 3 is 2.28 bits per heavy atom. The molecule has 2 aromatic heterocycles. The first kappa shape index (κ1) is 31.5. The van der Waals surface area contributed by atoms with E-state index < -0.39 is 29.6 Å². The Morgan fingerprint density at radius 2 is 1.68 bits per heavy atom. The number of ether oxygens (including phenoxy) is 4. The van der Waals surface area contributed by atoms with E-state index in [2.05, 4.69) is 26.2 Å². The van der Waals surface area contributed by atoms with Gasteiger partial charge in [-0.05, 0) is 42.2 Å². The maximum absolute atomic E-state index is 15.4. The van der Waals surface area contributed by atoms with Gasteiger partial charge in [-0.15, -0.1) is 6.42 Å². The van der Waals surface area contributed by atoms with Gasteiger partial charge in [0.2, 0.25) is 0 Å². The summed E-state index contributed by atoms with van der Waals surface area (Å²) in [4.78, 5) is 24.9. The van der Waals surface area contributed by atoms with Crippen LogP contribution in [-0.4, -0.2) is 51.6 Å². The standard InChI is InChI=1S/C36H34FN5O5/c1-5-35(22-46-34(43)45-6-2)24(3)21-29(47-35)42-23-38-30-31(39-33(37)40-32(30)42)41-36(25-13-9-7-10-14-25,26-15-11-8-12-16-26)27-17-19-28(44-4)20-18-27/h1,7-20,23-24,29H,6,21-22H2,2-4H3,(H,39,40,41)/t24-,29+,35+/m0/s1. The fourth-order valence-corrected chi connectivity index (χ4v) is 6.09. The van der Waals surface area contributed by atoms with Gasteiger partial charge in [-0.2, -0.15) is 14.4 Å². The predicted octanol–water partition coefficient (Wildman–Crippen LogP) is 6.48. The number of nitrogens with zero attached hydrogens (tertiary/aromatic N) is 4. The number of imidazole rings is 1. The number of rotatable bonds is 10. The summed E-state index contributed by atoms with van der Waals surface area (Å²) in [5, 5.41) is 3.60. The molecular weight excluding hydrogens is 601 g/mol. The van der Waals surface area contributed by atoms with Crippen LogP contribution in [0.3, 0.4) is 0 Å². The summed E-state index contributed by atoms with van der Waals surface area (Å²) in [5.74, 6) is 3.30. The summed E-state index contributed by atoms with van der Waals surface area (Å²) in [6.07, 6.45) is 5.41. The summed E-state index contributed by atoms with van der Waals surface area (Å²) in [6, 6.07) is 27.4. The molecule has 10 nitrogen and oxygen atoms in total. The first-order valence-corrected chi connectivity index (χ1v) is 15.2. The van der Waals surface area contributed by atoms with Crippen LogP contribution >= 0.6 is 0 Å². The van der Waals surface area contributed by atoms with Crippen LogP contribution in [0.2, 0.25) is 0 Å². The Labute approximate surface area is 271 Å². The average Bonchev–Trinajstić information content (AvgIpc) is 3.68. The third-order valence-corrected chi connectivity index (χ3v) is 8.56. The number of aromatic nitrogens is 4. The zero-order chi connectivity index (χ0) is 33.0. The molecule has 0 radical (unpaired) electrons. The van der Waals surface area contributed by atoms with Gasteiger partial charge >= 0.3 is 12.2 Å². The van der Waals surface area contributed by atoms with Crippen molar-refractivity contribution in [2.75, 3.05) is 25.6 Å². The molecular formula is C36H34FN5O5. The third-order valence-electron chi connectivity index (χ3n) is 8.56. The van der Waals surface area contributed by atoms with Gasteiger partial charge in [-0.25, -0.2) is 9.78 Å². The van der Waals surface area contributed by atoms with E-state index in [4.69, 9.17) is 25.4 Å². The van der Waals surface area contributed by atoms with Crippen molar-refractivity contribution in [3.05, 3.63) is 114 Å². The molecule has 0 spiro atoms. The molecule has 3 aromatic carbocycles. The molecule has 0 aliphatic carbocycles. The minimum absolute atomic E-state index is 0.165. The quantitative estimate of drug-likeness (QED) is 0.0798. The van der Waals surface area contributed by atoms with Gasteiger partial charge in [0.1, 0.15) is 24.1 Å². The van der Waals surface area contributed by atoms with Crippen LogP contribution in [0.4, 0.5) is 15.0 Å². The summed E-state index contributed by atoms with van der Waals surface area (Å²) < 4.78 is 39.0. The Kier molecular flexibility index (Phi) is 8.78. The minimum Gasteiger partial charge on any atom is -0.497 e. The van der Waals surface area contributed by atoms with Gasteiger partial charge < -0.3 is 24.3 Å². The minimum atomic E-state index is -1.23. The molecule has 3 atom stereocenters. The second-order valence-electron chi connectivity index (χ2n) is 11.2. The summed E-state index contributed by atoms with van der Waals surface area (Å²) in [5.41, 5.74) is 0.899. The number of halogens is 1. The van der Waals surface area contributed by atoms with E-state index in [9.17, 15) is 4.79 Å². The Balaban J connectivity index is 1.45. The maximum Gasteiger partial charge on any atom is 0.508 e. The number of nitrogens with one attached hydrogen (secondary N) is 1. The SMILES string of the molecule is C#C[C@]1(COC(=O)OCC)O[C@@H](n2cnc3c(NC(c4ccccc4)(c4ccccc4)c4ccc(OC)cc4)nc(F)nc32)C[C@@H]1C. The third kappa shape index (κ3) is 5.84. The van der Waals surface area contributed by atoms with E-state index in [-0.39, 0.29) is 30.6 Å². The second kappa shape index (κ2) is 13.1. The van der Waals surface area contributed by atoms with Crippen LogP contribution in [0.25, 0.3) is 11.2 Å². The fourth-order valence-electron chi connectivity index (χ4n) is 6.09. The van der Waals surface area contributed by atoms with Gasteiger partial charge in [0, 0.05) is 5.92 Å². The molecule has 3 heterocycles. The van der Waals surface area contributed by atoms with Gasteiger partial charge in [-0.1, -0.05) is 85.6 Å². The molecule has 1 saturated heterocycles. The van der Waals surface area contributed by atoms with Gasteiger partial charge in [0.05, 0.1) is 20.0 Å². The van der Waals surface area contributed by atoms with Gasteiger partial charge in [-0.3, -0.25) is 4.57 Å². The van der Waals surface area contributed by atoms with Crippen molar-refractivity contribution in [2.45, 2.75) is 37.6 Å². The Hall–Kier alpha value is -5.47. The molecule has 1 aliphatic heterocycles. The number of carbonyl (C=O) groups is 1. The number of anilines is 1. The number of carbonyl (C=O) groups excluding carboxylic acids is 1. The number of hydrogen-bond acceptors (Lipinski definition) is 9. The number of methoxy groups -OCH3 is 1. The van der Waals surface area contributed by atoms with Crippen molar-refractivity contribution in [1.82, 2.24) is 19.5 Å². The maximum atomic E-state index is 15.4. The normalized spacial score (nSPS) is 19.2. The zero-order valence-corrected chi connectivity index (χ0v) is 26.2. The lowest BCUT2D eigenvalue weighted by atomic mass is 9.77. The highest BCUT2D eigenvalue weighted by Gasteiger charge is 2.48. The van der Waals surface area contributed by atoms with E-state index in [0.717, 1.165) is 16.7 Å². The lowest BCUT2D eigenvalue weighted by Crippen LogP contribution is -2.39. The number of benzene rings is 3. The Morgan fingerprint density at radius 1 is 1.04 bits per heavy atom. The van der Waals surface area contributed by atoms with Crippen molar-refractivity contribution in [3.8, 4) is 18.1 Å². The topological polar surface area (TPSA) is 110 Å². The molecule has 11 heteroatoms. The van der Waals surface area contributed by atoms with E-state index in [1.807, 2.05) is 91.9 Å². The second-order valence-corrected chi connectivity index (χ2v) is 11.2. The molecule has 1 fully saturated rings. The number of terminal acetylenes is 1. The molecule has 5 aromatic rings. The molecule has 6 rings (SSSR count). The Bertz CT molecular complexity index is 1860. The fraction of sp³-hybridized carbons (Fsp3) is 0.278. The van der Waals surface area contributed by atoms with Crippen LogP contribution in [0.5, 0.6) is 5.75 Å². The molecule has 240 valence electrons. The van der Waals surface area contributed by atoms with Crippen LogP contribution in [0.1, 0.15) is 43.2 Å². The molecule has 47 heavy (non-hydrogen) atoms. The molecule has 0 amide bonds. The first-order valence-electron chi connectivity index (χ1n) is 15.2. The van der Waals surface area contributed by atoms with Crippen LogP contribution in [-0.2, 0) is 19.7 Å². The lowest BCUT2D eigenvalue weighted by Gasteiger charge is -2.37. The van der Waals surface area contributed by atoms with Gasteiger partial charge in [0.15, 0.2) is 22.6 Å². The zero-order valence-electron chi connectivity index (χ0n) is 26.2. The molecule has 0 unspecified atom stereocenters. The summed E-state index contributed by atoms with van der Waals surface area (Å²) >= 11 is 0. The molecule has 1 aliphatic rings. The first-order chi connectivity index (χ1) is 22.8. The van der Waals surface area contributed by atoms with Crippen LogP contribution < -0.4 is 10.1 Å². The molecule has 1 N–H and O–H groups in total. The highest BCUT2D eigenvalue weighted by molar-refractivity contribution is 5.84. The monoisotopic (exact) mass is 635 g/mol. The van der Waals surface area contributed by atoms with Crippen molar-refractivity contribution >= 4 is 23.1 Å². The van der Waals surface area contributed by atoms with Crippen molar-refractivity contribution in [2.24, 2.45) is 5.92 Å². The largest absolute Gasteiger partial charge is 0.508 e. The smallest absolute Gasteiger partial charge is 0.497 e. The summed E-state index contributed by atoms with van der Waals surface area (Å²) in [7, 11) is 1.61. The average molecular weight is 636 g/mol. The van der Waals surface area contributed by atoms with Crippen LogP contribution in [0.15, 0.2) is 91.3 Å². The van der Waals surface area contributed by atoms with E-state index in [1.165, 1.54) is 6.33 Å². The van der Waals surface area contributed by atoms with E-state index >= 15 is 4.39 Å². The lowest BCUT2D eigenvalue weighted by molar-refractivity contribution is -0.0820. The number of fused-ring (bicyclic) bond motifs is 1. The number of hydrogen-bond donors (Lipinski definition) is 1. The predicted molar refractivity (Wildman–Crippen MR) is 173 cm³/mol. The summed E-state index contributed by atoms with van der Waals surface area (Å²) in [6.45, 7) is 3.54. The highest BCUT2D eigenvalue weighted by atomic mass is 19.1.